The van der Waals surface area contributed by atoms with Crippen LogP contribution in [0.25, 0.3) is 0 Å². The van der Waals surface area contributed by atoms with Crippen molar-refractivity contribution in [2.24, 2.45) is 5.92 Å². The molecule has 1 saturated carbocycles. The van der Waals surface area contributed by atoms with Crippen LogP contribution in [0.4, 0.5) is 0 Å². The molecule has 0 aliphatic heterocycles. The lowest BCUT2D eigenvalue weighted by molar-refractivity contribution is -0.145. The van der Waals surface area contributed by atoms with Gasteiger partial charge in [-0.15, -0.1) is 11.3 Å². The molecule has 1 N–H and O–H groups in total. The van der Waals surface area contributed by atoms with Crippen LogP contribution in [0.1, 0.15) is 31.1 Å². The molecule has 1 aromatic heterocycles. The normalized spacial score (nSPS) is 23.9. The average Bonchev–Trinajstić information content (AvgIpc) is 3.07. The summed E-state index contributed by atoms with van der Waals surface area (Å²) in [7, 11) is -2.21. The van der Waals surface area contributed by atoms with Gasteiger partial charge in [0.25, 0.3) is 0 Å². The third-order valence-electron chi connectivity index (χ3n) is 3.81. The molecule has 1 aliphatic rings. The Morgan fingerprint density at radius 1 is 1.52 bits per heavy atom. The van der Waals surface area contributed by atoms with Gasteiger partial charge in [0.1, 0.15) is 0 Å². The maximum atomic E-state index is 12.5. The van der Waals surface area contributed by atoms with E-state index in [1.807, 2.05) is 24.4 Å². The fourth-order valence-corrected chi connectivity index (χ4v) is 5.67. The number of nitrogens with one attached hydrogen (secondary N) is 1. The highest BCUT2D eigenvalue weighted by molar-refractivity contribution is 7.90. The van der Waals surface area contributed by atoms with Gasteiger partial charge in [-0.3, -0.25) is 4.79 Å². The molecule has 5 nitrogen and oxygen atoms in total. The number of thiophene rings is 1. The number of rotatable bonds is 6. The highest BCUT2D eigenvalue weighted by atomic mass is 32.2. The van der Waals surface area contributed by atoms with Crippen LogP contribution < -0.4 is 4.72 Å². The van der Waals surface area contributed by atoms with Crippen molar-refractivity contribution in [3.8, 4) is 0 Å². The van der Waals surface area contributed by atoms with Gasteiger partial charge in [0.2, 0.25) is 10.0 Å². The molecule has 2 rings (SSSR count). The standard InChI is InChI=1S/C14H21NO4S2/c1-10(9-11-5-4-8-20-11)15-21(17,18)13-7-3-6-12(13)14(16)19-2/h4-5,8,10,12-13,15H,3,6-7,9H2,1-2H3. The summed E-state index contributed by atoms with van der Waals surface area (Å²) in [5.41, 5.74) is 0. The Labute approximate surface area is 129 Å². The van der Waals surface area contributed by atoms with Gasteiger partial charge in [-0.05, 0) is 37.6 Å². The number of ether oxygens (including phenoxy) is 1. The molecule has 1 heterocycles. The molecule has 0 spiro atoms. The summed E-state index contributed by atoms with van der Waals surface area (Å²) in [6.45, 7) is 1.85. The molecule has 3 atom stereocenters. The van der Waals surface area contributed by atoms with E-state index in [-0.39, 0.29) is 6.04 Å². The maximum Gasteiger partial charge on any atom is 0.310 e. The van der Waals surface area contributed by atoms with Gasteiger partial charge < -0.3 is 4.74 Å². The lowest BCUT2D eigenvalue weighted by Crippen LogP contribution is -2.43. The Balaban J connectivity index is 2.02. The first-order chi connectivity index (χ1) is 9.94. The predicted octanol–water partition coefficient (Wildman–Crippen LogP) is 1.94. The minimum atomic E-state index is -3.51. The number of carbonyl (C=O) groups excluding carboxylic acids is 1. The third kappa shape index (κ3) is 4.05. The minimum Gasteiger partial charge on any atom is -0.469 e. The van der Waals surface area contributed by atoms with Crippen molar-refractivity contribution in [2.75, 3.05) is 7.11 Å². The van der Waals surface area contributed by atoms with Crippen LogP contribution in [0, 0.1) is 5.92 Å². The molecule has 1 fully saturated rings. The molecular formula is C14H21NO4S2. The van der Waals surface area contributed by atoms with Crippen molar-refractivity contribution in [3.05, 3.63) is 22.4 Å². The van der Waals surface area contributed by atoms with Crippen molar-refractivity contribution in [3.63, 3.8) is 0 Å². The molecule has 0 aromatic carbocycles. The molecule has 0 radical (unpaired) electrons. The zero-order valence-electron chi connectivity index (χ0n) is 12.2. The summed E-state index contributed by atoms with van der Waals surface area (Å²) in [5, 5.41) is 1.30. The molecule has 118 valence electrons. The number of esters is 1. The van der Waals surface area contributed by atoms with Crippen LogP contribution in [-0.2, 0) is 26.0 Å². The van der Waals surface area contributed by atoms with Gasteiger partial charge in [0.05, 0.1) is 18.3 Å². The van der Waals surface area contributed by atoms with Crippen LogP contribution in [0.2, 0.25) is 0 Å². The van der Waals surface area contributed by atoms with Crippen LogP contribution in [-0.4, -0.2) is 32.8 Å². The minimum absolute atomic E-state index is 0.187. The Hall–Kier alpha value is -0.920. The van der Waals surface area contributed by atoms with Crippen molar-refractivity contribution < 1.29 is 17.9 Å². The lowest BCUT2D eigenvalue weighted by Gasteiger charge is -2.21. The van der Waals surface area contributed by atoms with Crippen LogP contribution in [0.3, 0.4) is 0 Å². The van der Waals surface area contributed by atoms with E-state index >= 15 is 0 Å². The second-order valence-electron chi connectivity index (χ2n) is 5.45. The number of sulfonamides is 1. The zero-order chi connectivity index (χ0) is 15.5. The number of methoxy groups -OCH3 is 1. The highest BCUT2D eigenvalue weighted by Crippen LogP contribution is 2.32. The molecule has 7 heteroatoms. The maximum absolute atomic E-state index is 12.5. The van der Waals surface area contributed by atoms with Gasteiger partial charge >= 0.3 is 5.97 Å². The molecule has 21 heavy (non-hydrogen) atoms. The van der Waals surface area contributed by atoms with Crippen LogP contribution >= 0.6 is 11.3 Å². The fourth-order valence-electron chi connectivity index (χ4n) is 2.86. The second kappa shape index (κ2) is 6.89. The molecule has 0 bridgehead atoms. The summed E-state index contributed by atoms with van der Waals surface area (Å²) < 4.78 is 32.4. The van der Waals surface area contributed by atoms with E-state index in [9.17, 15) is 13.2 Å². The summed E-state index contributed by atoms with van der Waals surface area (Å²) in [4.78, 5) is 12.8. The lowest BCUT2D eigenvalue weighted by atomic mass is 10.1. The van der Waals surface area contributed by atoms with Gasteiger partial charge in [-0.1, -0.05) is 12.5 Å². The molecule has 1 aromatic rings. The zero-order valence-corrected chi connectivity index (χ0v) is 13.9. The first-order valence-corrected chi connectivity index (χ1v) is 9.48. The van der Waals surface area contributed by atoms with E-state index in [2.05, 4.69) is 4.72 Å². The largest absolute Gasteiger partial charge is 0.469 e. The predicted molar refractivity (Wildman–Crippen MR) is 82.7 cm³/mol. The molecule has 0 amide bonds. The van der Waals surface area contributed by atoms with E-state index in [4.69, 9.17) is 4.74 Å². The van der Waals surface area contributed by atoms with Crippen LogP contribution in [0.15, 0.2) is 17.5 Å². The molecule has 1 aliphatic carbocycles. The van der Waals surface area contributed by atoms with E-state index in [1.54, 1.807) is 11.3 Å². The van der Waals surface area contributed by atoms with Gasteiger partial charge in [-0.2, -0.15) is 0 Å². The molecular weight excluding hydrogens is 310 g/mol. The molecule has 3 unspecified atom stereocenters. The average molecular weight is 331 g/mol. The summed E-state index contributed by atoms with van der Waals surface area (Å²) in [5.74, 6) is -0.963. The Morgan fingerprint density at radius 3 is 2.90 bits per heavy atom. The van der Waals surface area contributed by atoms with E-state index in [1.165, 1.54) is 7.11 Å². The Morgan fingerprint density at radius 2 is 2.29 bits per heavy atom. The first kappa shape index (κ1) is 16.5. The Kier molecular flexibility index (Phi) is 5.40. The van der Waals surface area contributed by atoms with Gasteiger partial charge in [0.15, 0.2) is 0 Å². The molecule has 0 saturated heterocycles. The van der Waals surface area contributed by atoms with Crippen molar-refractivity contribution in [1.82, 2.24) is 4.72 Å². The number of hydrogen-bond acceptors (Lipinski definition) is 5. The van der Waals surface area contributed by atoms with E-state index in [0.29, 0.717) is 19.3 Å². The third-order valence-corrected chi connectivity index (χ3v) is 6.80. The van der Waals surface area contributed by atoms with Crippen molar-refractivity contribution in [1.29, 1.82) is 0 Å². The smallest absolute Gasteiger partial charge is 0.310 e. The Bertz CT molecular complexity index is 568. The fraction of sp³-hybridized carbons (Fsp3) is 0.643. The topological polar surface area (TPSA) is 72.5 Å². The number of hydrogen-bond donors (Lipinski definition) is 1. The van der Waals surface area contributed by atoms with Crippen molar-refractivity contribution in [2.45, 2.75) is 43.9 Å². The van der Waals surface area contributed by atoms with E-state index < -0.39 is 27.2 Å². The second-order valence-corrected chi connectivity index (χ2v) is 8.41. The summed E-state index contributed by atoms with van der Waals surface area (Å²) in [6.07, 6.45) is 2.50. The summed E-state index contributed by atoms with van der Waals surface area (Å²) >= 11 is 1.61. The van der Waals surface area contributed by atoms with Gasteiger partial charge in [0, 0.05) is 10.9 Å². The summed E-state index contributed by atoms with van der Waals surface area (Å²) in [6, 6.07) is 3.75. The highest BCUT2D eigenvalue weighted by Gasteiger charge is 2.42. The quantitative estimate of drug-likeness (QED) is 0.809. The van der Waals surface area contributed by atoms with Crippen LogP contribution in [0.5, 0.6) is 0 Å². The first-order valence-electron chi connectivity index (χ1n) is 7.05. The number of carbonyl (C=O) groups is 1. The van der Waals surface area contributed by atoms with Crippen molar-refractivity contribution >= 4 is 27.3 Å². The van der Waals surface area contributed by atoms with Gasteiger partial charge in [-0.25, -0.2) is 13.1 Å². The monoisotopic (exact) mass is 331 g/mol. The van der Waals surface area contributed by atoms with E-state index in [0.717, 1.165) is 11.3 Å². The SMILES string of the molecule is COC(=O)C1CCCC1S(=O)(=O)NC(C)Cc1cccs1.